The van der Waals surface area contributed by atoms with E-state index in [2.05, 4.69) is 29.0 Å². The van der Waals surface area contributed by atoms with Gasteiger partial charge in [0.2, 0.25) is 0 Å². The molecule has 0 aromatic carbocycles. The van der Waals surface area contributed by atoms with Crippen molar-refractivity contribution < 1.29 is 5.11 Å². The number of nitrogens with zero attached hydrogens (tertiary/aromatic N) is 4. The lowest BCUT2D eigenvalue weighted by Crippen LogP contribution is -2.36. The van der Waals surface area contributed by atoms with Gasteiger partial charge in [0, 0.05) is 25.3 Å². The molecule has 2 heterocycles. The third kappa shape index (κ3) is 3.44. The molecule has 1 saturated heterocycles. The summed E-state index contributed by atoms with van der Waals surface area (Å²) >= 11 is 0. The van der Waals surface area contributed by atoms with E-state index in [1.165, 1.54) is 6.42 Å². The van der Waals surface area contributed by atoms with Gasteiger partial charge < -0.3 is 15.7 Å². The van der Waals surface area contributed by atoms with E-state index in [9.17, 15) is 5.11 Å². The molecule has 2 atom stereocenters. The Morgan fingerprint density at radius 1 is 1.56 bits per heavy atom. The summed E-state index contributed by atoms with van der Waals surface area (Å²) in [5.41, 5.74) is 6.22. The van der Waals surface area contributed by atoms with Gasteiger partial charge in [-0.05, 0) is 27.1 Å². The minimum Gasteiger partial charge on any atom is -0.396 e. The average molecular weight is 253 g/mol. The fourth-order valence-corrected chi connectivity index (χ4v) is 2.45. The predicted molar refractivity (Wildman–Crippen MR) is 71.2 cm³/mol. The number of aliphatic hydroxyl groups excluding tert-OH is 1. The van der Waals surface area contributed by atoms with Gasteiger partial charge >= 0.3 is 0 Å². The summed E-state index contributed by atoms with van der Waals surface area (Å²) in [6.07, 6.45) is 4.12. The van der Waals surface area contributed by atoms with Crippen molar-refractivity contribution in [2.45, 2.75) is 25.1 Å². The van der Waals surface area contributed by atoms with E-state index in [-0.39, 0.29) is 0 Å². The quantitative estimate of drug-likeness (QED) is 0.737. The lowest BCUT2D eigenvalue weighted by Gasteiger charge is -2.22. The highest BCUT2D eigenvalue weighted by atomic mass is 16.3. The highest BCUT2D eigenvalue weighted by Gasteiger charge is 2.25. The number of hydrogen-bond acceptors (Lipinski definition) is 5. The van der Waals surface area contributed by atoms with Crippen molar-refractivity contribution in [3.63, 3.8) is 0 Å². The van der Waals surface area contributed by atoms with E-state index in [1.54, 1.807) is 17.1 Å². The first-order chi connectivity index (χ1) is 8.54. The van der Waals surface area contributed by atoms with Crippen molar-refractivity contribution in [3.05, 3.63) is 12.4 Å². The van der Waals surface area contributed by atoms with Gasteiger partial charge in [-0.3, -0.25) is 9.58 Å². The zero-order chi connectivity index (χ0) is 13.1. The molecule has 6 heteroatoms. The lowest BCUT2D eigenvalue weighted by atomic mass is 10.2. The molecule has 2 unspecified atom stereocenters. The van der Waals surface area contributed by atoms with Crippen molar-refractivity contribution in [1.82, 2.24) is 19.6 Å². The number of hydrogen-bond donors (Lipinski definition) is 2. The highest BCUT2D eigenvalue weighted by Crippen LogP contribution is 2.13. The number of β-amino-alcohol motifs (C(OH)–C–C–N with tert-alkyl or cyclic N) is 1. The second-order valence-electron chi connectivity index (χ2n) is 5.32. The molecule has 1 aromatic rings. The van der Waals surface area contributed by atoms with Crippen LogP contribution in [0.1, 0.15) is 6.42 Å². The number of anilines is 1. The Bertz CT molecular complexity index is 378. The molecule has 102 valence electrons. The molecule has 0 bridgehead atoms. The van der Waals surface area contributed by atoms with E-state index in [0.29, 0.717) is 24.8 Å². The Labute approximate surface area is 108 Å². The summed E-state index contributed by atoms with van der Waals surface area (Å²) in [5, 5.41) is 14.1. The lowest BCUT2D eigenvalue weighted by molar-refractivity contribution is 0.102. The molecule has 0 amide bonds. The van der Waals surface area contributed by atoms with Crippen LogP contribution in [0, 0.1) is 0 Å². The first-order valence-electron chi connectivity index (χ1n) is 6.39. The minimum absolute atomic E-state index is 0.398. The van der Waals surface area contributed by atoms with E-state index in [4.69, 9.17) is 5.73 Å². The Morgan fingerprint density at radius 3 is 2.89 bits per heavy atom. The molecule has 1 aliphatic rings. The Kier molecular flexibility index (Phi) is 4.21. The molecule has 2 rings (SSSR count). The maximum atomic E-state index is 10.0. The van der Waals surface area contributed by atoms with Crippen molar-refractivity contribution in [2.75, 3.05) is 39.5 Å². The number of likely N-dealkylation sites (tertiary alicyclic amines) is 1. The molecule has 0 saturated carbocycles. The van der Waals surface area contributed by atoms with Gasteiger partial charge in [0.15, 0.2) is 0 Å². The standard InChI is InChI=1S/C12H23N5O/c1-15(2)11-3-4-16(7-11)8-12(18)9-17-6-10(13)5-14-17/h5-6,11-12,18H,3-4,7-9,13H2,1-2H3. The Hall–Kier alpha value is -1.11. The van der Waals surface area contributed by atoms with Crippen molar-refractivity contribution in [2.24, 2.45) is 0 Å². The van der Waals surface area contributed by atoms with Gasteiger partial charge in [-0.2, -0.15) is 5.10 Å². The van der Waals surface area contributed by atoms with Gasteiger partial charge in [0.05, 0.1) is 24.5 Å². The number of nitrogens with two attached hydrogens (primary N) is 1. The Morgan fingerprint density at radius 2 is 2.33 bits per heavy atom. The summed E-state index contributed by atoms with van der Waals surface area (Å²) in [5.74, 6) is 0. The van der Waals surface area contributed by atoms with Gasteiger partial charge in [-0.15, -0.1) is 0 Å². The van der Waals surface area contributed by atoms with Crippen LogP contribution in [0.15, 0.2) is 12.4 Å². The van der Waals surface area contributed by atoms with Gasteiger partial charge in [0.25, 0.3) is 0 Å². The van der Waals surface area contributed by atoms with Gasteiger partial charge in [0.1, 0.15) is 0 Å². The average Bonchev–Trinajstić information content (AvgIpc) is 2.88. The molecule has 0 spiro atoms. The van der Waals surface area contributed by atoms with Crippen molar-refractivity contribution in [1.29, 1.82) is 0 Å². The number of rotatable bonds is 5. The maximum absolute atomic E-state index is 10.0. The second-order valence-corrected chi connectivity index (χ2v) is 5.32. The molecule has 0 aliphatic carbocycles. The molecule has 0 radical (unpaired) electrons. The van der Waals surface area contributed by atoms with Crippen LogP contribution in [0.3, 0.4) is 0 Å². The molecule has 6 nitrogen and oxygen atoms in total. The maximum Gasteiger partial charge on any atom is 0.0862 e. The minimum atomic E-state index is -0.398. The fraction of sp³-hybridized carbons (Fsp3) is 0.750. The fourth-order valence-electron chi connectivity index (χ4n) is 2.45. The zero-order valence-corrected chi connectivity index (χ0v) is 11.2. The molecule has 18 heavy (non-hydrogen) atoms. The third-order valence-electron chi connectivity index (χ3n) is 3.50. The van der Waals surface area contributed by atoms with E-state index in [1.807, 2.05) is 0 Å². The van der Waals surface area contributed by atoms with Crippen molar-refractivity contribution in [3.8, 4) is 0 Å². The number of aromatic nitrogens is 2. The van der Waals surface area contributed by atoms with Crippen LogP contribution in [-0.2, 0) is 6.54 Å². The monoisotopic (exact) mass is 253 g/mol. The third-order valence-corrected chi connectivity index (χ3v) is 3.50. The van der Waals surface area contributed by atoms with Gasteiger partial charge in [-0.25, -0.2) is 0 Å². The van der Waals surface area contributed by atoms with Crippen LogP contribution >= 0.6 is 0 Å². The van der Waals surface area contributed by atoms with E-state index in [0.717, 1.165) is 13.1 Å². The van der Waals surface area contributed by atoms with Crippen LogP contribution < -0.4 is 5.73 Å². The first kappa shape index (κ1) is 13.3. The second kappa shape index (κ2) is 5.69. The van der Waals surface area contributed by atoms with Crippen LogP contribution in [0.2, 0.25) is 0 Å². The van der Waals surface area contributed by atoms with Crippen LogP contribution in [0.4, 0.5) is 5.69 Å². The highest BCUT2D eigenvalue weighted by molar-refractivity contribution is 5.30. The predicted octanol–water partition coefficient (Wildman–Crippen LogP) is -0.538. The van der Waals surface area contributed by atoms with E-state index < -0.39 is 6.10 Å². The summed E-state index contributed by atoms with van der Waals surface area (Å²) in [4.78, 5) is 4.56. The van der Waals surface area contributed by atoms with Crippen LogP contribution in [0.25, 0.3) is 0 Å². The van der Waals surface area contributed by atoms with Gasteiger partial charge in [-0.1, -0.05) is 0 Å². The molecule has 1 aliphatic heterocycles. The SMILES string of the molecule is CN(C)C1CCN(CC(O)Cn2cc(N)cn2)C1. The van der Waals surface area contributed by atoms with Crippen molar-refractivity contribution >= 4 is 5.69 Å². The zero-order valence-electron chi connectivity index (χ0n) is 11.2. The summed E-state index contributed by atoms with van der Waals surface area (Å²) < 4.78 is 1.69. The number of nitrogen functional groups attached to an aromatic ring is 1. The molecular formula is C12H23N5O. The largest absolute Gasteiger partial charge is 0.396 e. The number of likely N-dealkylation sites (N-methyl/N-ethyl adjacent to an activating group) is 1. The summed E-state index contributed by atoms with van der Waals surface area (Å²) in [6.45, 7) is 3.29. The molecule has 1 aromatic heterocycles. The first-order valence-corrected chi connectivity index (χ1v) is 6.39. The molecule has 1 fully saturated rings. The number of aliphatic hydroxyl groups is 1. The topological polar surface area (TPSA) is 70.5 Å². The smallest absolute Gasteiger partial charge is 0.0862 e. The Balaban J connectivity index is 1.76. The summed E-state index contributed by atoms with van der Waals surface area (Å²) in [7, 11) is 4.22. The van der Waals surface area contributed by atoms with E-state index >= 15 is 0 Å². The molecular weight excluding hydrogens is 230 g/mol. The van der Waals surface area contributed by atoms with Crippen LogP contribution in [0.5, 0.6) is 0 Å². The molecule has 3 N–H and O–H groups in total. The van der Waals surface area contributed by atoms with Crippen LogP contribution in [-0.4, -0.2) is 70.6 Å². The normalized spacial score (nSPS) is 22.8. The summed E-state index contributed by atoms with van der Waals surface area (Å²) in [6, 6.07) is 0.609.